The van der Waals surface area contributed by atoms with Gasteiger partial charge in [-0.25, -0.2) is 4.98 Å². The Morgan fingerprint density at radius 2 is 2.50 bits per heavy atom. The molecule has 0 radical (unpaired) electrons. The van der Waals surface area contributed by atoms with Crippen LogP contribution in [-0.2, 0) is 6.42 Å². The van der Waals surface area contributed by atoms with Crippen LogP contribution in [0, 0.1) is 0 Å². The number of aryl methyl sites for hydroxylation is 1. The quantitative estimate of drug-likeness (QED) is 0.658. The lowest BCUT2D eigenvalue weighted by molar-refractivity contribution is 0.950. The number of H-pyrrole nitrogens is 1. The lowest BCUT2D eigenvalue weighted by atomic mass is 10.4. The molecule has 56 valence electrons. The van der Waals surface area contributed by atoms with Gasteiger partial charge in [-0.15, -0.1) is 11.6 Å². The normalized spacial score (nSPS) is 13.5. The third-order valence-electron chi connectivity index (χ3n) is 1.41. The monoisotopic (exact) mass is 158 g/mol. The maximum atomic E-state index is 5.80. The Kier molecular flexibility index (Phi) is 2.33. The highest BCUT2D eigenvalue weighted by Crippen LogP contribution is 2.16. The molecule has 1 N–H and O–H groups in total. The van der Waals surface area contributed by atoms with Gasteiger partial charge < -0.3 is 4.98 Å². The predicted octanol–water partition coefficient (Wildman–Crippen LogP) is 2.27. The molecule has 1 unspecified atom stereocenters. The van der Waals surface area contributed by atoms with E-state index in [0.717, 1.165) is 17.9 Å². The van der Waals surface area contributed by atoms with Crippen LogP contribution in [0.3, 0.4) is 0 Å². The zero-order valence-electron chi connectivity index (χ0n) is 6.19. The minimum absolute atomic E-state index is 0.0350. The number of rotatable bonds is 2. The van der Waals surface area contributed by atoms with Crippen molar-refractivity contribution in [3.8, 4) is 0 Å². The van der Waals surface area contributed by atoms with Crippen LogP contribution in [-0.4, -0.2) is 9.97 Å². The van der Waals surface area contributed by atoms with Gasteiger partial charge in [-0.1, -0.05) is 6.92 Å². The van der Waals surface area contributed by atoms with Crippen molar-refractivity contribution < 1.29 is 0 Å². The molecule has 1 heterocycles. The first kappa shape index (κ1) is 7.61. The van der Waals surface area contributed by atoms with Crippen LogP contribution < -0.4 is 0 Å². The van der Waals surface area contributed by atoms with Crippen molar-refractivity contribution in [2.75, 3.05) is 0 Å². The number of alkyl halides is 1. The predicted molar refractivity (Wildman–Crippen MR) is 42.2 cm³/mol. The number of hydrogen-bond acceptors (Lipinski definition) is 1. The molecule has 1 aromatic rings. The first-order valence-electron chi connectivity index (χ1n) is 3.42. The summed E-state index contributed by atoms with van der Waals surface area (Å²) in [5, 5.41) is 0.0350. The number of imidazole rings is 1. The topological polar surface area (TPSA) is 28.7 Å². The van der Waals surface area contributed by atoms with Gasteiger partial charge in [-0.2, -0.15) is 0 Å². The Bertz CT molecular complexity index is 205. The molecular weight excluding hydrogens is 148 g/mol. The van der Waals surface area contributed by atoms with Crippen molar-refractivity contribution >= 4 is 11.6 Å². The fourth-order valence-electron chi connectivity index (χ4n) is 0.760. The Hall–Kier alpha value is -0.500. The molecular formula is C7H11ClN2. The number of aromatic nitrogens is 2. The zero-order chi connectivity index (χ0) is 7.56. The molecule has 0 bridgehead atoms. The summed E-state index contributed by atoms with van der Waals surface area (Å²) < 4.78 is 0. The van der Waals surface area contributed by atoms with Crippen LogP contribution in [0.4, 0.5) is 0 Å². The van der Waals surface area contributed by atoms with Crippen molar-refractivity contribution in [1.29, 1.82) is 0 Å². The van der Waals surface area contributed by atoms with Crippen LogP contribution in [0.1, 0.15) is 30.7 Å². The molecule has 2 nitrogen and oxygen atoms in total. The Labute approximate surface area is 65.6 Å². The van der Waals surface area contributed by atoms with E-state index in [2.05, 4.69) is 16.9 Å². The zero-order valence-corrected chi connectivity index (χ0v) is 6.94. The molecule has 0 aliphatic rings. The summed E-state index contributed by atoms with van der Waals surface area (Å²) in [5.74, 6) is 1.00. The van der Waals surface area contributed by atoms with E-state index in [1.54, 1.807) is 6.20 Å². The van der Waals surface area contributed by atoms with Gasteiger partial charge in [0.15, 0.2) is 0 Å². The molecule has 0 aliphatic heterocycles. The van der Waals surface area contributed by atoms with Crippen molar-refractivity contribution in [2.24, 2.45) is 0 Å². The van der Waals surface area contributed by atoms with E-state index >= 15 is 0 Å². The van der Waals surface area contributed by atoms with E-state index in [4.69, 9.17) is 11.6 Å². The molecule has 0 spiro atoms. The van der Waals surface area contributed by atoms with Crippen molar-refractivity contribution in [3.05, 3.63) is 17.7 Å². The van der Waals surface area contributed by atoms with E-state index in [-0.39, 0.29) is 5.38 Å². The van der Waals surface area contributed by atoms with Gasteiger partial charge in [0.25, 0.3) is 0 Å². The second-order valence-electron chi connectivity index (χ2n) is 2.25. The van der Waals surface area contributed by atoms with Crippen molar-refractivity contribution in [3.63, 3.8) is 0 Å². The maximum Gasteiger partial charge on any atom is 0.105 e. The molecule has 10 heavy (non-hydrogen) atoms. The third-order valence-corrected chi connectivity index (χ3v) is 1.65. The van der Waals surface area contributed by atoms with Crippen LogP contribution >= 0.6 is 11.6 Å². The SMILES string of the molecule is CCc1ncc(C(C)Cl)[nH]1. The molecule has 3 heteroatoms. The molecule has 0 amide bonds. The van der Waals surface area contributed by atoms with Gasteiger partial charge in [-0.05, 0) is 6.92 Å². The largest absolute Gasteiger partial charge is 0.345 e. The smallest absolute Gasteiger partial charge is 0.105 e. The summed E-state index contributed by atoms with van der Waals surface area (Å²) in [4.78, 5) is 7.24. The van der Waals surface area contributed by atoms with Gasteiger partial charge in [0.05, 0.1) is 11.1 Å². The maximum absolute atomic E-state index is 5.80. The van der Waals surface area contributed by atoms with E-state index in [9.17, 15) is 0 Å². The van der Waals surface area contributed by atoms with E-state index in [1.807, 2.05) is 6.92 Å². The average Bonchev–Trinajstić information content (AvgIpc) is 2.34. The third kappa shape index (κ3) is 1.51. The molecule has 0 aromatic carbocycles. The van der Waals surface area contributed by atoms with E-state index in [1.165, 1.54) is 0 Å². The molecule has 0 saturated heterocycles. The lowest BCUT2D eigenvalue weighted by Gasteiger charge is -1.94. The Morgan fingerprint density at radius 1 is 1.80 bits per heavy atom. The number of halogens is 1. The highest BCUT2D eigenvalue weighted by molar-refractivity contribution is 6.20. The number of hydrogen-bond donors (Lipinski definition) is 1. The molecule has 1 rings (SSSR count). The van der Waals surface area contributed by atoms with Gasteiger partial charge in [0, 0.05) is 12.6 Å². The van der Waals surface area contributed by atoms with Crippen molar-refractivity contribution in [2.45, 2.75) is 25.6 Å². The highest BCUT2D eigenvalue weighted by atomic mass is 35.5. The van der Waals surface area contributed by atoms with Gasteiger partial charge in [0.2, 0.25) is 0 Å². The minimum atomic E-state index is 0.0350. The average molecular weight is 159 g/mol. The molecule has 0 aliphatic carbocycles. The van der Waals surface area contributed by atoms with E-state index < -0.39 is 0 Å². The molecule has 1 atom stereocenters. The minimum Gasteiger partial charge on any atom is -0.345 e. The van der Waals surface area contributed by atoms with Crippen LogP contribution in [0.25, 0.3) is 0 Å². The van der Waals surface area contributed by atoms with Crippen LogP contribution in [0.15, 0.2) is 6.20 Å². The summed E-state index contributed by atoms with van der Waals surface area (Å²) in [6.45, 7) is 3.98. The number of aromatic amines is 1. The number of nitrogens with zero attached hydrogens (tertiary/aromatic N) is 1. The standard InChI is InChI=1S/C7H11ClN2/c1-3-7-9-4-6(10-7)5(2)8/h4-5H,3H2,1-2H3,(H,9,10). The van der Waals surface area contributed by atoms with Gasteiger partial charge in [-0.3, -0.25) is 0 Å². The molecule has 1 aromatic heterocycles. The Morgan fingerprint density at radius 3 is 2.80 bits per heavy atom. The summed E-state index contributed by atoms with van der Waals surface area (Å²) in [5.41, 5.74) is 0.999. The molecule has 0 fully saturated rings. The van der Waals surface area contributed by atoms with Gasteiger partial charge in [0.1, 0.15) is 5.82 Å². The van der Waals surface area contributed by atoms with E-state index in [0.29, 0.717) is 0 Å². The summed E-state index contributed by atoms with van der Waals surface area (Å²) in [7, 11) is 0. The first-order chi connectivity index (χ1) is 4.74. The highest BCUT2D eigenvalue weighted by Gasteiger charge is 2.03. The lowest BCUT2D eigenvalue weighted by Crippen LogP contribution is -1.85. The second kappa shape index (κ2) is 3.06. The fourth-order valence-corrected chi connectivity index (χ4v) is 0.871. The van der Waals surface area contributed by atoms with Gasteiger partial charge >= 0.3 is 0 Å². The summed E-state index contributed by atoms with van der Waals surface area (Å²) in [6.07, 6.45) is 2.72. The Balaban J connectivity index is 2.78. The van der Waals surface area contributed by atoms with Crippen LogP contribution in [0.2, 0.25) is 0 Å². The van der Waals surface area contributed by atoms with Crippen LogP contribution in [0.5, 0.6) is 0 Å². The summed E-state index contributed by atoms with van der Waals surface area (Å²) >= 11 is 5.80. The first-order valence-corrected chi connectivity index (χ1v) is 3.85. The number of nitrogens with one attached hydrogen (secondary N) is 1. The van der Waals surface area contributed by atoms with Crippen molar-refractivity contribution in [1.82, 2.24) is 9.97 Å². The molecule has 0 saturated carbocycles. The second-order valence-corrected chi connectivity index (χ2v) is 2.91. The fraction of sp³-hybridized carbons (Fsp3) is 0.571. The summed E-state index contributed by atoms with van der Waals surface area (Å²) in [6, 6.07) is 0.